The van der Waals surface area contributed by atoms with Crippen LogP contribution < -0.4 is 20.7 Å². The maximum atomic E-state index is 12.4. The first-order valence-corrected chi connectivity index (χ1v) is 9.21. The predicted molar refractivity (Wildman–Crippen MR) is 104 cm³/mol. The van der Waals surface area contributed by atoms with Crippen molar-refractivity contribution in [1.29, 1.82) is 0 Å². The molecular formula is C20H26N4O2. The van der Waals surface area contributed by atoms with Crippen molar-refractivity contribution in [2.24, 2.45) is 5.73 Å². The lowest BCUT2D eigenvalue weighted by Gasteiger charge is -2.21. The number of carbonyl (C=O) groups is 1. The van der Waals surface area contributed by atoms with Crippen LogP contribution in [0.3, 0.4) is 0 Å². The number of benzene rings is 1. The van der Waals surface area contributed by atoms with E-state index in [1.807, 2.05) is 36.4 Å². The maximum Gasteiger partial charge on any atom is 0.257 e. The van der Waals surface area contributed by atoms with Crippen molar-refractivity contribution in [3.05, 3.63) is 48.2 Å². The second kappa shape index (κ2) is 9.20. The summed E-state index contributed by atoms with van der Waals surface area (Å²) in [6, 6.07) is 11.0. The number of hydrogen-bond acceptors (Lipinski definition) is 5. The Labute approximate surface area is 154 Å². The van der Waals surface area contributed by atoms with Crippen LogP contribution >= 0.6 is 0 Å². The molecule has 1 amide bonds. The van der Waals surface area contributed by atoms with Gasteiger partial charge in [-0.1, -0.05) is 12.8 Å². The molecule has 1 aliphatic heterocycles. The fourth-order valence-corrected chi connectivity index (χ4v) is 3.02. The highest BCUT2D eigenvalue weighted by molar-refractivity contribution is 6.04. The van der Waals surface area contributed by atoms with Crippen LogP contribution in [0.5, 0.6) is 5.75 Å². The molecule has 6 heteroatoms. The number of rotatable bonds is 6. The molecule has 0 spiro atoms. The van der Waals surface area contributed by atoms with Crippen molar-refractivity contribution in [1.82, 2.24) is 4.98 Å². The van der Waals surface area contributed by atoms with Gasteiger partial charge in [0.2, 0.25) is 0 Å². The van der Waals surface area contributed by atoms with Crippen molar-refractivity contribution in [2.45, 2.75) is 25.7 Å². The number of pyridine rings is 1. The van der Waals surface area contributed by atoms with Crippen molar-refractivity contribution in [2.75, 3.05) is 36.5 Å². The summed E-state index contributed by atoms with van der Waals surface area (Å²) in [7, 11) is 0. The molecule has 0 radical (unpaired) electrons. The van der Waals surface area contributed by atoms with Crippen LogP contribution in [0, 0.1) is 0 Å². The number of anilines is 2. The molecule has 1 aliphatic rings. The summed E-state index contributed by atoms with van der Waals surface area (Å²) in [6.07, 6.45) is 6.62. The molecule has 26 heavy (non-hydrogen) atoms. The number of nitrogens with two attached hydrogens (primary N) is 1. The summed E-state index contributed by atoms with van der Waals surface area (Å²) in [5.74, 6) is 1.51. The van der Waals surface area contributed by atoms with Gasteiger partial charge in [-0.2, -0.15) is 0 Å². The van der Waals surface area contributed by atoms with Crippen molar-refractivity contribution in [3.63, 3.8) is 0 Å². The van der Waals surface area contributed by atoms with Gasteiger partial charge in [-0.25, -0.2) is 4.98 Å². The van der Waals surface area contributed by atoms with Gasteiger partial charge < -0.3 is 20.7 Å². The molecule has 0 aliphatic carbocycles. The molecule has 3 N–H and O–H groups in total. The van der Waals surface area contributed by atoms with E-state index in [2.05, 4.69) is 15.2 Å². The maximum absolute atomic E-state index is 12.4. The first-order valence-electron chi connectivity index (χ1n) is 9.21. The van der Waals surface area contributed by atoms with Crippen LogP contribution in [-0.2, 0) is 0 Å². The number of nitrogens with zero attached hydrogens (tertiary/aromatic N) is 2. The minimum atomic E-state index is -0.171. The minimum Gasteiger partial charge on any atom is -0.492 e. The summed E-state index contributed by atoms with van der Waals surface area (Å²) in [5.41, 5.74) is 6.67. The van der Waals surface area contributed by atoms with Crippen LogP contribution in [0.1, 0.15) is 36.0 Å². The highest BCUT2D eigenvalue weighted by atomic mass is 16.5. The zero-order valence-electron chi connectivity index (χ0n) is 15.0. The highest BCUT2D eigenvalue weighted by Gasteiger charge is 2.12. The van der Waals surface area contributed by atoms with Gasteiger partial charge in [-0.05, 0) is 49.2 Å². The van der Waals surface area contributed by atoms with Gasteiger partial charge in [-0.15, -0.1) is 0 Å². The highest BCUT2D eigenvalue weighted by Crippen LogP contribution is 2.19. The van der Waals surface area contributed by atoms with Crippen molar-refractivity contribution < 1.29 is 9.53 Å². The van der Waals surface area contributed by atoms with E-state index < -0.39 is 0 Å². The lowest BCUT2D eigenvalue weighted by Crippen LogP contribution is -2.25. The molecule has 0 unspecified atom stereocenters. The average molecular weight is 354 g/mol. The predicted octanol–water partition coefficient (Wildman–Crippen LogP) is 3.05. The Kier molecular flexibility index (Phi) is 6.44. The normalized spacial score (nSPS) is 14.6. The van der Waals surface area contributed by atoms with E-state index in [0.717, 1.165) is 24.7 Å². The Hall–Kier alpha value is -2.60. The standard InChI is InChI=1S/C20H26N4O2/c21-11-14-26-18-8-6-17(7-9-18)23-20(25)16-5-10-19(22-15-16)24-12-3-1-2-4-13-24/h5-10,15H,1-4,11-14,21H2,(H,23,25). The first-order chi connectivity index (χ1) is 12.8. The molecule has 0 bridgehead atoms. The van der Waals surface area contributed by atoms with E-state index in [4.69, 9.17) is 10.5 Å². The number of aromatic nitrogens is 1. The molecule has 2 aromatic rings. The van der Waals surface area contributed by atoms with Gasteiger partial charge in [0.1, 0.15) is 18.2 Å². The summed E-state index contributed by atoms with van der Waals surface area (Å²) < 4.78 is 5.43. The largest absolute Gasteiger partial charge is 0.492 e. The molecule has 1 saturated heterocycles. The summed E-state index contributed by atoms with van der Waals surface area (Å²) >= 11 is 0. The van der Waals surface area contributed by atoms with E-state index >= 15 is 0 Å². The second-order valence-corrected chi connectivity index (χ2v) is 6.42. The van der Waals surface area contributed by atoms with Crippen molar-refractivity contribution in [3.8, 4) is 5.75 Å². The van der Waals surface area contributed by atoms with Gasteiger partial charge in [0.15, 0.2) is 0 Å². The zero-order chi connectivity index (χ0) is 18.2. The molecule has 6 nitrogen and oxygen atoms in total. The number of carbonyl (C=O) groups excluding carboxylic acids is 1. The molecular weight excluding hydrogens is 328 g/mol. The van der Waals surface area contributed by atoms with Crippen molar-refractivity contribution >= 4 is 17.4 Å². The fraction of sp³-hybridized carbons (Fsp3) is 0.400. The number of ether oxygens (including phenoxy) is 1. The summed E-state index contributed by atoms with van der Waals surface area (Å²) in [4.78, 5) is 19.2. The van der Waals surface area contributed by atoms with E-state index in [1.165, 1.54) is 25.7 Å². The molecule has 0 atom stereocenters. The number of amides is 1. The summed E-state index contributed by atoms with van der Waals surface area (Å²) in [6.45, 7) is 3.02. The minimum absolute atomic E-state index is 0.171. The average Bonchev–Trinajstić information content (AvgIpc) is 2.97. The Morgan fingerprint density at radius 3 is 2.42 bits per heavy atom. The molecule has 1 fully saturated rings. The second-order valence-electron chi connectivity index (χ2n) is 6.42. The van der Waals surface area contributed by atoms with Crippen LogP contribution in [-0.4, -0.2) is 37.1 Å². The number of hydrogen-bond donors (Lipinski definition) is 2. The third-order valence-electron chi connectivity index (χ3n) is 4.44. The van der Waals surface area contributed by atoms with Crippen LogP contribution in [0.2, 0.25) is 0 Å². The molecule has 2 heterocycles. The molecule has 1 aromatic carbocycles. The van der Waals surface area contributed by atoms with E-state index in [0.29, 0.717) is 24.4 Å². The SMILES string of the molecule is NCCOc1ccc(NC(=O)c2ccc(N3CCCCCC3)nc2)cc1. The molecule has 3 rings (SSSR count). The van der Waals surface area contributed by atoms with Gasteiger partial charge >= 0.3 is 0 Å². The smallest absolute Gasteiger partial charge is 0.257 e. The van der Waals surface area contributed by atoms with Crippen LogP contribution in [0.4, 0.5) is 11.5 Å². The first kappa shape index (κ1) is 18.2. The lowest BCUT2D eigenvalue weighted by molar-refractivity contribution is 0.102. The van der Waals surface area contributed by atoms with E-state index in [9.17, 15) is 4.79 Å². The Morgan fingerprint density at radius 1 is 1.08 bits per heavy atom. The van der Waals surface area contributed by atoms with Gasteiger partial charge in [-0.3, -0.25) is 4.79 Å². The van der Waals surface area contributed by atoms with Gasteiger partial charge in [0.05, 0.1) is 5.56 Å². The topological polar surface area (TPSA) is 80.5 Å². The Balaban J connectivity index is 1.59. The third-order valence-corrected chi connectivity index (χ3v) is 4.44. The van der Waals surface area contributed by atoms with Gasteiger partial charge in [0, 0.05) is 31.5 Å². The quantitative estimate of drug-likeness (QED) is 0.833. The Morgan fingerprint density at radius 2 is 1.81 bits per heavy atom. The fourth-order valence-electron chi connectivity index (χ4n) is 3.02. The van der Waals surface area contributed by atoms with Crippen LogP contribution in [0.25, 0.3) is 0 Å². The van der Waals surface area contributed by atoms with E-state index in [1.54, 1.807) is 6.20 Å². The third kappa shape index (κ3) is 4.95. The zero-order valence-corrected chi connectivity index (χ0v) is 15.0. The molecule has 138 valence electrons. The molecule has 0 saturated carbocycles. The van der Waals surface area contributed by atoms with Crippen LogP contribution in [0.15, 0.2) is 42.6 Å². The number of nitrogens with one attached hydrogen (secondary N) is 1. The lowest BCUT2D eigenvalue weighted by atomic mass is 10.2. The Bertz CT molecular complexity index is 693. The summed E-state index contributed by atoms with van der Waals surface area (Å²) in [5, 5.41) is 2.88. The monoisotopic (exact) mass is 354 g/mol. The van der Waals surface area contributed by atoms with E-state index in [-0.39, 0.29) is 5.91 Å². The van der Waals surface area contributed by atoms with Gasteiger partial charge in [0.25, 0.3) is 5.91 Å². The molecule has 1 aromatic heterocycles.